The third-order valence-corrected chi connectivity index (χ3v) is 3.81. The third kappa shape index (κ3) is 3.06. The van der Waals surface area contributed by atoms with Gasteiger partial charge in [-0.3, -0.25) is 0 Å². The highest BCUT2D eigenvalue weighted by atomic mass is 35.5. The highest BCUT2D eigenvalue weighted by Gasteiger charge is 2.19. The lowest BCUT2D eigenvalue weighted by atomic mass is 10.1. The van der Waals surface area contributed by atoms with Gasteiger partial charge < -0.3 is 10.2 Å². The predicted octanol–water partition coefficient (Wildman–Crippen LogP) is 2.48. The second kappa shape index (κ2) is 5.80. The SMILES string of the molecule is CCCN1CCC(Nc2nsnc2Cl)CC1. The van der Waals surface area contributed by atoms with Crippen molar-refractivity contribution in [3.05, 3.63) is 5.15 Å². The van der Waals surface area contributed by atoms with Crippen LogP contribution >= 0.6 is 23.3 Å². The van der Waals surface area contributed by atoms with Crippen LogP contribution in [0.25, 0.3) is 0 Å². The lowest BCUT2D eigenvalue weighted by Crippen LogP contribution is -2.39. The summed E-state index contributed by atoms with van der Waals surface area (Å²) < 4.78 is 8.09. The number of aromatic nitrogens is 2. The molecule has 1 aliphatic heterocycles. The largest absolute Gasteiger partial charge is 0.364 e. The summed E-state index contributed by atoms with van der Waals surface area (Å²) in [7, 11) is 0. The van der Waals surface area contributed by atoms with E-state index in [4.69, 9.17) is 11.6 Å². The molecule has 6 heteroatoms. The summed E-state index contributed by atoms with van der Waals surface area (Å²) in [6, 6.07) is 0.495. The van der Waals surface area contributed by atoms with Crippen molar-refractivity contribution in [2.45, 2.75) is 32.2 Å². The number of anilines is 1. The van der Waals surface area contributed by atoms with Gasteiger partial charge in [-0.15, -0.1) is 0 Å². The minimum atomic E-state index is 0.495. The molecule has 1 N–H and O–H groups in total. The van der Waals surface area contributed by atoms with Gasteiger partial charge in [0, 0.05) is 19.1 Å². The molecule has 0 radical (unpaired) electrons. The van der Waals surface area contributed by atoms with Crippen LogP contribution in [-0.4, -0.2) is 39.3 Å². The monoisotopic (exact) mass is 260 g/mol. The van der Waals surface area contributed by atoms with Gasteiger partial charge in [-0.05, 0) is 25.8 Å². The molecule has 0 atom stereocenters. The fourth-order valence-electron chi connectivity index (χ4n) is 2.07. The summed E-state index contributed by atoms with van der Waals surface area (Å²) in [4.78, 5) is 2.51. The maximum absolute atomic E-state index is 5.90. The third-order valence-electron chi connectivity index (χ3n) is 2.92. The molecule has 1 aromatic heterocycles. The fraction of sp³-hybridized carbons (Fsp3) is 0.800. The molecule has 1 saturated heterocycles. The Morgan fingerprint density at radius 2 is 2.19 bits per heavy atom. The van der Waals surface area contributed by atoms with Gasteiger partial charge in [-0.1, -0.05) is 18.5 Å². The molecule has 0 aromatic carbocycles. The first-order chi connectivity index (χ1) is 7.79. The van der Waals surface area contributed by atoms with Gasteiger partial charge >= 0.3 is 0 Å². The van der Waals surface area contributed by atoms with E-state index in [-0.39, 0.29) is 0 Å². The summed E-state index contributed by atoms with van der Waals surface area (Å²) in [6.07, 6.45) is 3.56. The Morgan fingerprint density at radius 3 is 2.75 bits per heavy atom. The molecule has 0 unspecified atom stereocenters. The molecule has 1 aliphatic rings. The minimum Gasteiger partial charge on any atom is -0.364 e. The maximum Gasteiger partial charge on any atom is 0.186 e. The number of rotatable bonds is 4. The van der Waals surface area contributed by atoms with Crippen LogP contribution in [0.5, 0.6) is 0 Å². The first-order valence-electron chi connectivity index (χ1n) is 5.76. The van der Waals surface area contributed by atoms with E-state index in [9.17, 15) is 0 Å². The lowest BCUT2D eigenvalue weighted by molar-refractivity contribution is 0.219. The van der Waals surface area contributed by atoms with Crippen molar-refractivity contribution in [1.82, 2.24) is 13.6 Å². The standard InChI is InChI=1S/C10H17ClN4S/c1-2-5-15-6-3-8(4-7-15)12-10-9(11)13-16-14-10/h8H,2-7H2,1H3,(H,12,14). The van der Waals surface area contributed by atoms with Crippen LogP contribution in [-0.2, 0) is 0 Å². The van der Waals surface area contributed by atoms with Gasteiger partial charge in [0.1, 0.15) is 0 Å². The number of nitrogens with one attached hydrogen (secondary N) is 1. The zero-order chi connectivity index (χ0) is 11.4. The van der Waals surface area contributed by atoms with Crippen molar-refractivity contribution >= 4 is 29.1 Å². The van der Waals surface area contributed by atoms with Crippen LogP contribution in [0.15, 0.2) is 0 Å². The van der Waals surface area contributed by atoms with Gasteiger partial charge in [0.15, 0.2) is 11.0 Å². The molecule has 16 heavy (non-hydrogen) atoms. The average molecular weight is 261 g/mol. The van der Waals surface area contributed by atoms with Crippen LogP contribution in [0.2, 0.25) is 5.15 Å². The normalized spacial score (nSPS) is 18.9. The number of hydrogen-bond acceptors (Lipinski definition) is 5. The van der Waals surface area contributed by atoms with E-state index < -0.39 is 0 Å². The van der Waals surface area contributed by atoms with Crippen molar-refractivity contribution in [2.24, 2.45) is 0 Å². The molecule has 90 valence electrons. The number of likely N-dealkylation sites (tertiary alicyclic amines) is 1. The second-order valence-electron chi connectivity index (χ2n) is 4.16. The number of nitrogens with zero attached hydrogens (tertiary/aromatic N) is 3. The Morgan fingerprint density at radius 1 is 1.44 bits per heavy atom. The number of piperidine rings is 1. The Labute approximate surface area is 105 Å². The zero-order valence-electron chi connectivity index (χ0n) is 9.45. The topological polar surface area (TPSA) is 41.0 Å². The number of halogens is 1. The molecule has 2 rings (SSSR count). The molecule has 2 heterocycles. The van der Waals surface area contributed by atoms with Crippen molar-refractivity contribution < 1.29 is 0 Å². The van der Waals surface area contributed by atoms with Crippen molar-refractivity contribution in [3.63, 3.8) is 0 Å². The lowest BCUT2D eigenvalue weighted by Gasteiger charge is -2.32. The minimum absolute atomic E-state index is 0.495. The van der Waals surface area contributed by atoms with Gasteiger partial charge in [-0.25, -0.2) is 0 Å². The highest BCUT2D eigenvalue weighted by Crippen LogP contribution is 2.21. The number of hydrogen-bond donors (Lipinski definition) is 1. The molecule has 1 aromatic rings. The first-order valence-corrected chi connectivity index (χ1v) is 6.87. The summed E-state index contributed by atoms with van der Waals surface area (Å²) in [5, 5.41) is 3.87. The second-order valence-corrected chi connectivity index (χ2v) is 5.05. The Hall–Kier alpha value is -0.390. The Bertz CT molecular complexity index is 322. The van der Waals surface area contributed by atoms with Gasteiger partial charge in [-0.2, -0.15) is 8.75 Å². The van der Waals surface area contributed by atoms with Gasteiger partial charge in [0.05, 0.1) is 11.7 Å². The van der Waals surface area contributed by atoms with Crippen molar-refractivity contribution in [2.75, 3.05) is 25.0 Å². The van der Waals surface area contributed by atoms with E-state index in [0.29, 0.717) is 11.2 Å². The quantitative estimate of drug-likeness (QED) is 0.903. The molecule has 1 fully saturated rings. The van der Waals surface area contributed by atoms with Crippen LogP contribution in [0, 0.1) is 0 Å². The molecular weight excluding hydrogens is 244 g/mol. The predicted molar refractivity (Wildman–Crippen MR) is 68.3 cm³/mol. The zero-order valence-corrected chi connectivity index (χ0v) is 11.0. The van der Waals surface area contributed by atoms with E-state index in [1.54, 1.807) is 0 Å². The van der Waals surface area contributed by atoms with E-state index in [2.05, 4.69) is 25.9 Å². The highest BCUT2D eigenvalue weighted by molar-refractivity contribution is 6.99. The van der Waals surface area contributed by atoms with Gasteiger partial charge in [0.2, 0.25) is 0 Å². The van der Waals surface area contributed by atoms with Crippen LogP contribution in [0.1, 0.15) is 26.2 Å². The molecule has 0 aliphatic carbocycles. The summed E-state index contributed by atoms with van der Waals surface area (Å²) in [6.45, 7) is 5.78. The molecule has 4 nitrogen and oxygen atoms in total. The van der Waals surface area contributed by atoms with Crippen LogP contribution in [0.4, 0.5) is 5.82 Å². The first kappa shape index (κ1) is 12.1. The van der Waals surface area contributed by atoms with E-state index in [1.807, 2.05) is 0 Å². The van der Waals surface area contributed by atoms with Crippen LogP contribution < -0.4 is 5.32 Å². The molecular formula is C10H17ClN4S. The molecule has 0 bridgehead atoms. The van der Waals surface area contributed by atoms with E-state index >= 15 is 0 Å². The fourth-order valence-corrected chi connectivity index (χ4v) is 2.73. The smallest absolute Gasteiger partial charge is 0.186 e. The maximum atomic E-state index is 5.90. The van der Waals surface area contributed by atoms with Crippen molar-refractivity contribution in [3.8, 4) is 0 Å². The summed E-state index contributed by atoms with van der Waals surface area (Å²) in [5.41, 5.74) is 0. The summed E-state index contributed by atoms with van der Waals surface area (Å²) >= 11 is 7.06. The van der Waals surface area contributed by atoms with Gasteiger partial charge in [0.25, 0.3) is 0 Å². The van der Waals surface area contributed by atoms with E-state index in [1.165, 1.54) is 26.1 Å². The van der Waals surface area contributed by atoms with Crippen molar-refractivity contribution in [1.29, 1.82) is 0 Å². The molecule has 0 amide bonds. The molecule has 0 spiro atoms. The summed E-state index contributed by atoms with van der Waals surface area (Å²) in [5.74, 6) is 0.751. The Kier molecular flexibility index (Phi) is 4.37. The Balaban J connectivity index is 1.79. The van der Waals surface area contributed by atoms with E-state index in [0.717, 1.165) is 30.4 Å². The van der Waals surface area contributed by atoms with Crippen LogP contribution in [0.3, 0.4) is 0 Å². The molecule has 0 saturated carbocycles. The average Bonchev–Trinajstić information content (AvgIpc) is 2.68.